The largest absolute Gasteiger partial charge is 0.506 e. The number of hydrogen-bond acceptors (Lipinski definition) is 5. The molecule has 0 aliphatic carbocycles. The van der Waals surface area contributed by atoms with Gasteiger partial charge in [0.15, 0.2) is 18.1 Å². The summed E-state index contributed by atoms with van der Waals surface area (Å²) in [5, 5.41) is 14.1. The van der Waals surface area contributed by atoms with Gasteiger partial charge in [0.05, 0.1) is 17.3 Å². The smallest absolute Gasteiger partial charge is 0.277 e. The van der Waals surface area contributed by atoms with E-state index >= 15 is 0 Å². The van der Waals surface area contributed by atoms with Crippen molar-refractivity contribution in [3.63, 3.8) is 0 Å². The quantitative estimate of drug-likeness (QED) is 0.521. The SMILES string of the molecule is CCOc1ccccc1OCC(=O)N/N=C/c1cc(Cl)cc(Br)c1O. The Kier molecular flexibility index (Phi) is 7.09. The third-order valence-corrected chi connectivity index (χ3v) is 3.78. The van der Waals surface area contributed by atoms with Gasteiger partial charge >= 0.3 is 0 Å². The van der Waals surface area contributed by atoms with Crippen molar-refractivity contribution in [3.8, 4) is 17.2 Å². The number of nitrogens with one attached hydrogen (secondary N) is 1. The summed E-state index contributed by atoms with van der Waals surface area (Å²) in [4.78, 5) is 11.8. The molecule has 0 radical (unpaired) electrons. The molecule has 132 valence electrons. The minimum Gasteiger partial charge on any atom is -0.506 e. The van der Waals surface area contributed by atoms with Crippen LogP contribution < -0.4 is 14.9 Å². The van der Waals surface area contributed by atoms with E-state index in [0.717, 1.165) is 0 Å². The van der Waals surface area contributed by atoms with Crippen molar-refractivity contribution in [1.82, 2.24) is 5.43 Å². The number of hydrogen-bond donors (Lipinski definition) is 2. The number of ether oxygens (including phenoxy) is 2. The number of aromatic hydroxyl groups is 1. The first-order chi connectivity index (χ1) is 12.0. The molecule has 0 aliphatic rings. The summed E-state index contributed by atoms with van der Waals surface area (Å²) >= 11 is 9.07. The van der Waals surface area contributed by atoms with Gasteiger partial charge in [0, 0.05) is 10.6 Å². The van der Waals surface area contributed by atoms with Crippen LogP contribution in [-0.2, 0) is 4.79 Å². The lowest BCUT2D eigenvalue weighted by atomic mass is 10.2. The van der Waals surface area contributed by atoms with Gasteiger partial charge in [0.2, 0.25) is 0 Å². The number of nitrogens with zero attached hydrogens (tertiary/aromatic N) is 1. The van der Waals surface area contributed by atoms with Gasteiger partial charge in [-0.25, -0.2) is 5.43 Å². The van der Waals surface area contributed by atoms with Crippen LogP contribution in [-0.4, -0.2) is 30.4 Å². The lowest BCUT2D eigenvalue weighted by Gasteiger charge is -2.10. The van der Waals surface area contributed by atoms with E-state index in [1.807, 2.05) is 13.0 Å². The van der Waals surface area contributed by atoms with E-state index in [1.165, 1.54) is 12.3 Å². The Labute approximate surface area is 158 Å². The van der Waals surface area contributed by atoms with Crippen molar-refractivity contribution in [2.24, 2.45) is 5.10 Å². The van der Waals surface area contributed by atoms with Gasteiger partial charge < -0.3 is 14.6 Å². The predicted molar refractivity (Wildman–Crippen MR) is 99.7 cm³/mol. The van der Waals surface area contributed by atoms with Gasteiger partial charge in [-0.15, -0.1) is 0 Å². The number of carbonyl (C=O) groups excluding carboxylic acids is 1. The van der Waals surface area contributed by atoms with Crippen LogP contribution in [0.25, 0.3) is 0 Å². The molecule has 0 unspecified atom stereocenters. The zero-order valence-electron chi connectivity index (χ0n) is 13.3. The Balaban J connectivity index is 1.91. The Morgan fingerprint density at radius 1 is 1.32 bits per heavy atom. The molecule has 0 aromatic heterocycles. The maximum absolute atomic E-state index is 11.8. The molecule has 2 rings (SSSR count). The first kappa shape index (κ1) is 19.1. The summed E-state index contributed by atoms with van der Waals surface area (Å²) in [6.07, 6.45) is 1.29. The van der Waals surface area contributed by atoms with E-state index in [0.29, 0.717) is 33.2 Å². The number of halogens is 2. The van der Waals surface area contributed by atoms with E-state index in [4.69, 9.17) is 21.1 Å². The van der Waals surface area contributed by atoms with Crippen LogP contribution in [0.4, 0.5) is 0 Å². The lowest BCUT2D eigenvalue weighted by Crippen LogP contribution is -2.24. The molecule has 0 heterocycles. The highest BCUT2D eigenvalue weighted by molar-refractivity contribution is 9.10. The Morgan fingerprint density at radius 2 is 2.00 bits per heavy atom. The molecule has 2 aromatic rings. The molecule has 1 amide bonds. The van der Waals surface area contributed by atoms with Crippen LogP contribution in [0.2, 0.25) is 5.02 Å². The average Bonchev–Trinajstić information content (AvgIpc) is 2.58. The standard InChI is InChI=1S/C17H16BrClN2O4/c1-2-24-14-5-3-4-6-15(14)25-10-16(22)21-20-9-11-7-12(19)8-13(18)17(11)23/h3-9,23H,2,10H2,1H3,(H,21,22)/b20-9+. The Hall–Kier alpha value is -2.25. The topological polar surface area (TPSA) is 80.2 Å². The van der Waals surface area contributed by atoms with Crippen LogP contribution in [0.1, 0.15) is 12.5 Å². The molecule has 6 nitrogen and oxygen atoms in total. The fourth-order valence-corrected chi connectivity index (χ4v) is 2.71. The van der Waals surface area contributed by atoms with Crippen molar-refractivity contribution in [2.75, 3.05) is 13.2 Å². The molecule has 0 atom stereocenters. The summed E-state index contributed by atoms with van der Waals surface area (Å²) in [7, 11) is 0. The Bertz CT molecular complexity index is 783. The first-order valence-electron chi connectivity index (χ1n) is 7.35. The Morgan fingerprint density at radius 3 is 2.68 bits per heavy atom. The third kappa shape index (κ3) is 5.65. The number of phenols is 1. The summed E-state index contributed by atoms with van der Waals surface area (Å²) in [5.41, 5.74) is 2.68. The molecule has 8 heteroatoms. The zero-order valence-corrected chi connectivity index (χ0v) is 15.7. The van der Waals surface area contributed by atoms with Crippen LogP contribution >= 0.6 is 27.5 Å². The fourth-order valence-electron chi connectivity index (χ4n) is 1.88. The van der Waals surface area contributed by atoms with Crippen molar-refractivity contribution in [2.45, 2.75) is 6.92 Å². The highest BCUT2D eigenvalue weighted by atomic mass is 79.9. The molecule has 0 saturated heterocycles. The first-order valence-corrected chi connectivity index (χ1v) is 8.53. The number of phenolic OH excluding ortho intramolecular Hbond substituents is 1. The van der Waals surface area contributed by atoms with Crippen LogP contribution in [0, 0.1) is 0 Å². The van der Waals surface area contributed by atoms with Gasteiger partial charge in [-0.3, -0.25) is 4.79 Å². The minimum atomic E-state index is -0.455. The van der Waals surface area contributed by atoms with Crippen molar-refractivity contribution >= 4 is 39.7 Å². The number of rotatable bonds is 7. The second-order valence-corrected chi connectivity index (χ2v) is 6.08. The van der Waals surface area contributed by atoms with E-state index in [1.54, 1.807) is 24.3 Å². The van der Waals surface area contributed by atoms with Gasteiger partial charge in [0.25, 0.3) is 5.91 Å². The highest BCUT2D eigenvalue weighted by Crippen LogP contribution is 2.30. The monoisotopic (exact) mass is 426 g/mol. The summed E-state index contributed by atoms with van der Waals surface area (Å²) in [6.45, 7) is 2.13. The molecular formula is C17H16BrClN2O4. The molecule has 0 bridgehead atoms. The molecule has 2 N–H and O–H groups in total. The second-order valence-electron chi connectivity index (χ2n) is 4.79. The van der Waals surface area contributed by atoms with Crippen molar-refractivity contribution in [3.05, 3.63) is 51.5 Å². The predicted octanol–water partition coefficient (Wildman–Crippen LogP) is 3.74. The van der Waals surface area contributed by atoms with Crippen molar-refractivity contribution in [1.29, 1.82) is 0 Å². The number of hydrazone groups is 1. The number of carbonyl (C=O) groups is 1. The highest BCUT2D eigenvalue weighted by Gasteiger charge is 2.08. The fraction of sp³-hybridized carbons (Fsp3) is 0.176. The maximum Gasteiger partial charge on any atom is 0.277 e. The van der Waals surface area contributed by atoms with Gasteiger partial charge in [-0.2, -0.15) is 5.10 Å². The molecular weight excluding hydrogens is 412 g/mol. The minimum absolute atomic E-state index is 0.0238. The van der Waals surface area contributed by atoms with Gasteiger partial charge in [0.1, 0.15) is 5.75 Å². The molecule has 25 heavy (non-hydrogen) atoms. The zero-order chi connectivity index (χ0) is 18.2. The average molecular weight is 428 g/mol. The number of benzene rings is 2. The summed E-state index contributed by atoms with van der Waals surface area (Å²) in [6, 6.07) is 10.1. The van der Waals surface area contributed by atoms with Crippen LogP contribution in [0.3, 0.4) is 0 Å². The van der Waals surface area contributed by atoms with E-state index in [2.05, 4.69) is 26.5 Å². The summed E-state index contributed by atoms with van der Waals surface area (Å²) < 4.78 is 11.3. The van der Waals surface area contributed by atoms with Crippen LogP contribution in [0.5, 0.6) is 17.2 Å². The normalized spacial score (nSPS) is 10.7. The van der Waals surface area contributed by atoms with Crippen molar-refractivity contribution < 1.29 is 19.4 Å². The van der Waals surface area contributed by atoms with E-state index in [-0.39, 0.29) is 12.4 Å². The number of amides is 1. The van der Waals surface area contributed by atoms with Crippen LogP contribution in [0.15, 0.2) is 46.0 Å². The van der Waals surface area contributed by atoms with E-state index in [9.17, 15) is 9.90 Å². The molecule has 0 aliphatic heterocycles. The van der Waals surface area contributed by atoms with Gasteiger partial charge in [-0.1, -0.05) is 23.7 Å². The molecule has 0 spiro atoms. The number of para-hydroxylation sites is 2. The third-order valence-electron chi connectivity index (χ3n) is 2.96. The maximum atomic E-state index is 11.8. The van der Waals surface area contributed by atoms with Gasteiger partial charge in [-0.05, 0) is 47.1 Å². The summed E-state index contributed by atoms with van der Waals surface area (Å²) in [5.74, 6) is 0.558. The molecule has 0 saturated carbocycles. The molecule has 0 fully saturated rings. The molecule has 2 aromatic carbocycles. The second kappa shape index (κ2) is 9.29. The lowest BCUT2D eigenvalue weighted by molar-refractivity contribution is -0.123. The van der Waals surface area contributed by atoms with E-state index < -0.39 is 5.91 Å².